The monoisotopic (exact) mass is 353 g/mol. The van der Waals surface area contributed by atoms with Crippen LogP contribution in [0.4, 0.5) is 0 Å². The van der Waals surface area contributed by atoms with Crippen molar-refractivity contribution in [3.05, 3.63) is 71.1 Å². The lowest BCUT2D eigenvalue weighted by atomic mass is 10.1. The van der Waals surface area contributed by atoms with Crippen LogP contribution in [0.3, 0.4) is 0 Å². The molecule has 3 aromatic rings. The molecule has 1 aliphatic carbocycles. The van der Waals surface area contributed by atoms with E-state index < -0.39 is 0 Å². The van der Waals surface area contributed by atoms with E-state index in [1.807, 2.05) is 54.6 Å². The highest BCUT2D eigenvalue weighted by Crippen LogP contribution is 2.29. The zero-order valence-corrected chi connectivity index (χ0v) is 14.6. The summed E-state index contributed by atoms with van der Waals surface area (Å²) in [6.07, 6.45) is 4.88. The van der Waals surface area contributed by atoms with Crippen LogP contribution in [0.2, 0.25) is 5.02 Å². The topological polar surface area (TPSA) is 51.0 Å². The van der Waals surface area contributed by atoms with Crippen LogP contribution >= 0.6 is 11.6 Å². The van der Waals surface area contributed by atoms with Gasteiger partial charge < -0.3 is 4.42 Å². The summed E-state index contributed by atoms with van der Waals surface area (Å²) < 4.78 is 6.01. The maximum absolute atomic E-state index is 6.20. The number of nitrogens with zero attached hydrogens (tertiary/aromatic N) is 2. The summed E-state index contributed by atoms with van der Waals surface area (Å²) in [7, 11) is 0. The molecule has 0 radical (unpaired) electrons. The molecule has 1 unspecified atom stereocenters. The Morgan fingerprint density at radius 3 is 2.56 bits per heavy atom. The van der Waals surface area contributed by atoms with Crippen molar-refractivity contribution >= 4 is 11.6 Å². The second-order valence-corrected chi connectivity index (χ2v) is 6.88. The summed E-state index contributed by atoms with van der Waals surface area (Å²) in [5, 5.41) is 13.0. The van der Waals surface area contributed by atoms with Gasteiger partial charge in [0.25, 0.3) is 0 Å². The summed E-state index contributed by atoms with van der Waals surface area (Å²) in [5.41, 5.74) is 1.97. The summed E-state index contributed by atoms with van der Waals surface area (Å²) in [6, 6.07) is 18.0. The molecule has 5 heteroatoms. The molecule has 1 aromatic heterocycles. The first-order valence-corrected chi connectivity index (χ1v) is 9.08. The molecule has 1 atom stereocenters. The van der Waals surface area contributed by atoms with Crippen molar-refractivity contribution in [3.8, 4) is 11.5 Å². The quantitative estimate of drug-likeness (QED) is 0.700. The van der Waals surface area contributed by atoms with Gasteiger partial charge in [0.15, 0.2) is 0 Å². The molecule has 4 nitrogen and oxygen atoms in total. The summed E-state index contributed by atoms with van der Waals surface area (Å²) >= 11 is 6.20. The third-order valence-corrected chi connectivity index (χ3v) is 4.88. The van der Waals surface area contributed by atoms with Gasteiger partial charge in [-0.25, -0.2) is 0 Å². The number of nitrogens with one attached hydrogen (secondary N) is 1. The molecule has 0 saturated heterocycles. The predicted octanol–water partition coefficient (Wildman–Crippen LogP) is 5.01. The van der Waals surface area contributed by atoms with Crippen LogP contribution in [0.5, 0.6) is 0 Å². The van der Waals surface area contributed by atoms with E-state index in [-0.39, 0.29) is 6.04 Å². The maximum atomic E-state index is 6.20. The fourth-order valence-electron chi connectivity index (χ4n) is 3.37. The molecule has 1 aliphatic rings. The molecule has 1 N–H and O–H groups in total. The average Bonchev–Trinajstić information content (AvgIpc) is 3.32. The molecular weight excluding hydrogens is 334 g/mol. The molecule has 128 valence electrons. The molecule has 2 aromatic carbocycles. The maximum Gasteiger partial charge on any atom is 0.247 e. The van der Waals surface area contributed by atoms with Crippen molar-refractivity contribution in [1.29, 1.82) is 0 Å². The van der Waals surface area contributed by atoms with Gasteiger partial charge in [0.1, 0.15) is 6.04 Å². The van der Waals surface area contributed by atoms with E-state index >= 15 is 0 Å². The molecule has 0 bridgehead atoms. The van der Waals surface area contributed by atoms with Crippen molar-refractivity contribution in [2.24, 2.45) is 0 Å². The Hall–Kier alpha value is -2.17. The molecule has 1 heterocycles. The van der Waals surface area contributed by atoms with Gasteiger partial charge >= 0.3 is 0 Å². The van der Waals surface area contributed by atoms with Crippen molar-refractivity contribution in [2.45, 2.75) is 37.8 Å². The highest BCUT2D eigenvalue weighted by atomic mass is 35.5. The van der Waals surface area contributed by atoms with Crippen LogP contribution in [0, 0.1) is 0 Å². The predicted molar refractivity (Wildman–Crippen MR) is 98.4 cm³/mol. The van der Waals surface area contributed by atoms with Gasteiger partial charge in [-0.1, -0.05) is 54.8 Å². The van der Waals surface area contributed by atoms with Crippen LogP contribution in [0.1, 0.15) is 43.2 Å². The van der Waals surface area contributed by atoms with E-state index in [1.54, 1.807) is 0 Å². The van der Waals surface area contributed by atoms with Crippen molar-refractivity contribution in [2.75, 3.05) is 0 Å². The second kappa shape index (κ2) is 7.38. The third-order valence-electron chi connectivity index (χ3n) is 4.65. The van der Waals surface area contributed by atoms with Crippen LogP contribution in [-0.4, -0.2) is 16.2 Å². The summed E-state index contributed by atoms with van der Waals surface area (Å²) in [6.45, 7) is 0. The number of benzene rings is 2. The minimum Gasteiger partial charge on any atom is -0.419 e. The fourth-order valence-corrected chi connectivity index (χ4v) is 3.57. The summed E-state index contributed by atoms with van der Waals surface area (Å²) in [4.78, 5) is 0. The molecule has 25 heavy (non-hydrogen) atoms. The van der Waals surface area contributed by atoms with E-state index in [0.717, 1.165) is 11.1 Å². The lowest BCUT2D eigenvalue weighted by Gasteiger charge is -2.20. The molecule has 4 rings (SSSR count). The van der Waals surface area contributed by atoms with Crippen molar-refractivity contribution < 1.29 is 4.42 Å². The minimum absolute atomic E-state index is 0.147. The zero-order valence-electron chi connectivity index (χ0n) is 13.9. The first-order valence-electron chi connectivity index (χ1n) is 8.70. The van der Waals surface area contributed by atoms with Gasteiger partial charge in [-0.3, -0.25) is 5.32 Å². The standard InChI is InChI=1S/C20H20ClN3O/c21-16-10-6-9-15(13-16)18(22-17-11-4-5-12-17)20-24-23-19(25-20)14-7-2-1-3-8-14/h1-3,6-10,13,17-18,22H,4-5,11-12H2. The Bertz CT molecular complexity index is 828. The highest BCUT2D eigenvalue weighted by Gasteiger charge is 2.26. The van der Waals surface area contributed by atoms with Gasteiger partial charge in [-0.15, -0.1) is 10.2 Å². The van der Waals surface area contributed by atoms with Gasteiger partial charge in [0, 0.05) is 16.6 Å². The van der Waals surface area contributed by atoms with Crippen molar-refractivity contribution in [3.63, 3.8) is 0 Å². The SMILES string of the molecule is Clc1cccc(C(NC2CCCC2)c2nnc(-c3ccccc3)o2)c1. The minimum atomic E-state index is -0.147. The normalized spacial score (nSPS) is 16.2. The number of halogens is 1. The lowest BCUT2D eigenvalue weighted by molar-refractivity contribution is 0.398. The van der Waals surface area contributed by atoms with Gasteiger partial charge in [0.05, 0.1) is 0 Å². The Balaban J connectivity index is 1.66. The number of aromatic nitrogens is 2. The second-order valence-electron chi connectivity index (χ2n) is 6.45. The zero-order chi connectivity index (χ0) is 17.1. The molecule has 0 aliphatic heterocycles. The molecule has 1 saturated carbocycles. The smallest absolute Gasteiger partial charge is 0.247 e. The molecule has 0 amide bonds. The Morgan fingerprint density at radius 1 is 1.00 bits per heavy atom. The molecule has 1 fully saturated rings. The van der Waals surface area contributed by atoms with E-state index in [4.69, 9.17) is 16.0 Å². The van der Waals surface area contributed by atoms with E-state index in [1.165, 1.54) is 25.7 Å². The first kappa shape index (κ1) is 16.3. The van der Waals surface area contributed by atoms with Crippen LogP contribution < -0.4 is 5.32 Å². The van der Waals surface area contributed by atoms with Crippen molar-refractivity contribution in [1.82, 2.24) is 15.5 Å². The highest BCUT2D eigenvalue weighted by molar-refractivity contribution is 6.30. The fraction of sp³-hybridized carbons (Fsp3) is 0.300. The number of hydrogen-bond acceptors (Lipinski definition) is 4. The van der Waals surface area contributed by atoms with Crippen LogP contribution in [0.25, 0.3) is 11.5 Å². The first-order chi connectivity index (χ1) is 12.3. The largest absolute Gasteiger partial charge is 0.419 e. The summed E-state index contributed by atoms with van der Waals surface area (Å²) in [5.74, 6) is 1.11. The Labute approximate surface area is 152 Å². The van der Waals surface area contributed by atoms with Crippen LogP contribution in [-0.2, 0) is 0 Å². The van der Waals surface area contributed by atoms with Gasteiger partial charge in [-0.2, -0.15) is 0 Å². The Morgan fingerprint density at radius 2 is 1.80 bits per heavy atom. The van der Waals surface area contributed by atoms with Gasteiger partial charge in [-0.05, 0) is 42.7 Å². The van der Waals surface area contributed by atoms with E-state index in [2.05, 4.69) is 15.5 Å². The van der Waals surface area contributed by atoms with E-state index in [0.29, 0.717) is 22.8 Å². The molecular formula is C20H20ClN3O. The number of rotatable bonds is 5. The van der Waals surface area contributed by atoms with E-state index in [9.17, 15) is 0 Å². The molecule has 0 spiro atoms. The van der Waals surface area contributed by atoms with Crippen LogP contribution in [0.15, 0.2) is 59.0 Å². The Kier molecular flexibility index (Phi) is 4.81. The number of hydrogen-bond donors (Lipinski definition) is 1. The average molecular weight is 354 g/mol. The van der Waals surface area contributed by atoms with Gasteiger partial charge in [0.2, 0.25) is 11.8 Å². The lowest BCUT2D eigenvalue weighted by Crippen LogP contribution is -2.31. The third kappa shape index (κ3) is 3.75.